The summed E-state index contributed by atoms with van der Waals surface area (Å²) in [6.45, 7) is 0. The number of alkyl halides is 3. The fourth-order valence-electron chi connectivity index (χ4n) is 2.34. The molecule has 0 aliphatic carbocycles. The van der Waals surface area contributed by atoms with Crippen LogP contribution in [0.5, 0.6) is 0 Å². The molecule has 0 aliphatic heterocycles. The van der Waals surface area contributed by atoms with E-state index in [4.69, 9.17) is 0 Å². The van der Waals surface area contributed by atoms with E-state index >= 15 is 0 Å². The summed E-state index contributed by atoms with van der Waals surface area (Å²) in [5, 5.41) is 13.2. The van der Waals surface area contributed by atoms with Crippen molar-refractivity contribution in [3.8, 4) is 22.0 Å². The first-order valence-corrected chi connectivity index (χ1v) is 8.68. The van der Waals surface area contributed by atoms with Gasteiger partial charge in [-0.25, -0.2) is 0 Å². The van der Waals surface area contributed by atoms with Crippen molar-refractivity contribution in [3.05, 3.63) is 58.6 Å². The number of rotatable bonds is 2. The third-order valence-electron chi connectivity index (χ3n) is 3.53. The Morgan fingerprint density at radius 3 is 2.44 bits per heavy atom. The van der Waals surface area contributed by atoms with E-state index in [1.54, 1.807) is 6.07 Å². The lowest BCUT2D eigenvalue weighted by Crippen LogP contribution is -2.05. The Balaban J connectivity index is 1.80. The lowest BCUT2D eigenvalue weighted by molar-refractivity contribution is -0.137. The first-order valence-electron chi connectivity index (χ1n) is 7.07. The molecule has 0 atom stereocenters. The third-order valence-corrected chi connectivity index (χ3v) is 5.01. The van der Waals surface area contributed by atoms with Crippen LogP contribution in [0.4, 0.5) is 13.2 Å². The van der Waals surface area contributed by atoms with Gasteiger partial charge in [0.2, 0.25) is 4.96 Å². The van der Waals surface area contributed by atoms with Crippen LogP contribution in [0, 0.1) is 0 Å². The summed E-state index contributed by atoms with van der Waals surface area (Å²) in [4.78, 5) is 0.519. The highest BCUT2D eigenvalue weighted by Gasteiger charge is 2.31. The second kappa shape index (κ2) is 5.92. The molecule has 0 saturated carbocycles. The van der Waals surface area contributed by atoms with E-state index in [0.29, 0.717) is 15.5 Å². The van der Waals surface area contributed by atoms with Crippen LogP contribution in [0.3, 0.4) is 0 Å². The van der Waals surface area contributed by atoms with Crippen molar-refractivity contribution in [1.29, 1.82) is 0 Å². The topological polar surface area (TPSA) is 43.1 Å². The number of hydrogen-bond donors (Lipinski definition) is 0. The first kappa shape index (κ1) is 16.2. The van der Waals surface area contributed by atoms with Gasteiger partial charge in [-0.15, -0.1) is 10.2 Å². The van der Waals surface area contributed by atoms with E-state index in [1.807, 2.05) is 24.3 Å². The Labute approximate surface area is 152 Å². The Hall–Kier alpha value is -2.26. The number of benzene rings is 2. The zero-order chi connectivity index (χ0) is 17.6. The lowest BCUT2D eigenvalue weighted by atomic mass is 10.1. The fraction of sp³-hybridized carbons (Fsp3) is 0.0625. The zero-order valence-electron chi connectivity index (χ0n) is 12.3. The minimum absolute atomic E-state index is 0.278. The second-order valence-corrected chi connectivity index (χ2v) is 7.08. The Morgan fingerprint density at radius 2 is 1.72 bits per heavy atom. The van der Waals surface area contributed by atoms with Crippen molar-refractivity contribution in [2.45, 2.75) is 6.18 Å². The van der Waals surface area contributed by atoms with Gasteiger partial charge in [0, 0.05) is 15.6 Å². The predicted octanol–water partition coefficient (Wildman–Crippen LogP) is 5.30. The SMILES string of the molecule is FC(F)(F)c1cccc(-c2nnc3sc(-c4ccc(Br)cc4)nn23)c1. The molecule has 2 heterocycles. The lowest BCUT2D eigenvalue weighted by Gasteiger charge is -2.07. The minimum Gasteiger partial charge on any atom is -0.182 e. The van der Waals surface area contributed by atoms with Crippen molar-refractivity contribution in [2.75, 3.05) is 0 Å². The predicted molar refractivity (Wildman–Crippen MR) is 92.2 cm³/mol. The van der Waals surface area contributed by atoms with Gasteiger partial charge in [-0.05, 0) is 24.3 Å². The van der Waals surface area contributed by atoms with Gasteiger partial charge in [-0.1, -0.05) is 51.5 Å². The molecule has 2 aromatic carbocycles. The maximum atomic E-state index is 12.9. The smallest absolute Gasteiger partial charge is 0.182 e. The summed E-state index contributed by atoms with van der Waals surface area (Å²) in [5.41, 5.74) is 0.480. The van der Waals surface area contributed by atoms with Crippen LogP contribution in [-0.4, -0.2) is 19.8 Å². The molecule has 0 N–H and O–H groups in total. The number of nitrogens with zero attached hydrogens (tertiary/aromatic N) is 4. The van der Waals surface area contributed by atoms with Gasteiger partial charge in [0.25, 0.3) is 0 Å². The summed E-state index contributed by atoms with van der Waals surface area (Å²) in [6, 6.07) is 12.6. The highest BCUT2D eigenvalue weighted by molar-refractivity contribution is 9.10. The molecule has 9 heteroatoms. The average molecular weight is 425 g/mol. The summed E-state index contributed by atoms with van der Waals surface area (Å²) >= 11 is 4.70. The molecule has 0 saturated heterocycles. The summed E-state index contributed by atoms with van der Waals surface area (Å²) in [7, 11) is 0. The number of hydrogen-bond acceptors (Lipinski definition) is 4. The van der Waals surface area contributed by atoms with Gasteiger partial charge >= 0.3 is 6.18 Å². The molecule has 0 bridgehead atoms. The molecule has 0 aliphatic rings. The molecule has 0 unspecified atom stereocenters. The molecule has 0 fully saturated rings. The van der Waals surface area contributed by atoms with E-state index in [-0.39, 0.29) is 5.82 Å². The van der Waals surface area contributed by atoms with E-state index in [9.17, 15) is 13.2 Å². The summed E-state index contributed by atoms with van der Waals surface area (Å²) in [5.74, 6) is 0.278. The number of fused-ring (bicyclic) bond motifs is 1. The van der Waals surface area contributed by atoms with Crippen LogP contribution in [0.1, 0.15) is 5.56 Å². The van der Waals surface area contributed by atoms with Crippen LogP contribution in [0.2, 0.25) is 0 Å². The van der Waals surface area contributed by atoms with Gasteiger partial charge in [-0.2, -0.15) is 22.8 Å². The molecular weight excluding hydrogens is 417 g/mol. The summed E-state index contributed by atoms with van der Waals surface area (Å²) in [6.07, 6.45) is -4.41. The highest BCUT2D eigenvalue weighted by atomic mass is 79.9. The molecule has 0 radical (unpaired) electrons. The normalized spacial score (nSPS) is 12.0. The van der Waals surface area contributed by atoms with Crippen LogP contribution < -0.4 is 0 Å². The maximum Gasteiger partial charge on any atom is 0.416 e. The van der Waals surface area contributed by atoms with E-state index in [1.165, 1.54) is 21.9 Å². The molecule has 2 aromatic heterocycles. The fourth-order valence-corrected chi connectivity index (χ4v) is 3.45. The van der Waals surface area contributed by atoms with E-state index < -0.39 is 11.7 Å². The molecule has 25 heavy (non-hydrogen) atoms. The Bertz CT molecular complexity index is 1050. The largest absolute Gasteiger partial charge is 0.416 e. The molecule has 0 amide bonds. The third kappa shape index (κ3) is 3.05. The number of aromatic nitrogens is 4. The van der Waals surface area contributed by atoms with Crippen molar-refractivity contribution in [3.63, 3.8) is 0 Å². The molecule has 0 spiro atoms. The minimum atomic E-state index is -4.41. The van der Waals surface area contributed by atoms with E-state index in [2.05, 4.69) is 31.2 Å². The molecule has 4 rings (SSSR count). The van der Waals surface area contributed by atoms with Crippen LogP contribution in [0.15, 0.2) is 53.0 Å². The molecule has 4 aromatic rings. The van der Waals surface area contributed by atoms with Gasteiger partial charge in [-0.3, -0.25) is 0 Å². The van der Waals surface area contributed by atoms with Gasteiger partial charge in [0.1, 0.15) is 5.01 Å². The average Bonchev–Trinajstić information content (AvgIpc) is 3.15. The maximum absolute atomic E-state index is 12.9. The van der Waals surface area contributed by atoms with Crippen molar-refractivity contribution >= 4 is 32.2 Å². The Kier molecular flexibility index (Phi) is 3.84. The van der Waals surface area contributed by atoms with Crippen LogP contribution >= 0.6 is 27.3 Å². The molecule has 4 nitrogen and oxygen atoms in total. The first-order chi connectivity index (χ1) is 11.9. The monoisotopic (exact) mass is 424 g/mol. The van der Waals surface area contributed by atoms with Crippen molar-refractivity contribution in [2.24, 2.45) is 0 Å². The quantitative estimate of drug-likeness (QED) is 0.438. The van der Waals surface area contributed by atoms with Crippen LogP contribution in [-0.2, 0) is 6.18 Å². The van der Waals surface area contributed by atoms with Gasteiger partial charge in [0.15, 0.2) is 5.82 Å². The highest BCUT2D eigenvalue weighted by Crippen LogP contribution is 2.33. The molecular formula is C16H8BrF3N4S. The van der Waals surface area contributed by atoms with Gasteiger partial charge in [0.05, 0.1) is 5.56 Å². The number of halogens is 4. The van der Waals surface area contributed by atoms with Crippen molar-refractivity contribution in [1.82, 2.24) is 19.8 Å². The Morgan fingerprint density at radius 1 is 0.960 bits per heavy atom. The van der Waals surface area contributed by atoms with Crippen molar-refractivity contribution < 1.29 is 13.2 Å². The zero-order valence-corrected chi connectivity index (χ0v) is 14.7. The van der Waals surface area contributed by atoms with Gasteiger partial charge < -0.3 is 0 Å². The van der Waals surface area contributed by atoms with Crippen LogP contribution in [0.25, 0.3) is 26.9 Å². The summed E-state index contributed by atoms with van der Waals surface area (Å²) < 4.78 is 41.2. The standard InChI is InChI=1S/C16H8BrF3N4S/c17-12-6-4-9(5-7-12)14-23-24-13(21-22-15(24)25-14)10-2-1-3-11(8-10)16(18,19)20/h1-8H. The molecule has 126 valence electrons. The second-order valence-electron chi connectivity index (χ2n) is 5.21. The van der Waals surface area contributed by atoms with E-state index in [0.717, 1.165) is 22.2 Å².